The van der Waals surface area contributed by atoms with Gasteiger partial charge in [0.05, 0.1) is 11.9 Å². The van der Waals surface area contributed by atoms with Gasteiger partial charge in [0.25, 0.3) is 0 Å². The Balaban J connectivity index is 1.71. The van der Waals surface area contributed by atoms with Gasteiger partial charge in [0.1, 0.15) is 6.61 Å². The lowest BCUT2D eigenvalue weighted by atomic mass is 10.3. The molecule has 3 aromatic rings. The average molecular weight is 268 g/mol. The summed E-state index contributed by atoms with van der Waals surface area (Å²) < 4.78 is 20.6. The van der Waals surface area contributed by atoms with Crippen molar-refractivity contribution in [2.45, 2.75) is 6.61 Å². The van der Waals surface area contributed by atoms with E-state index in [1.807, 2.05) is 36.5 Å². The number of rotatable bonds is 4. The predicted octanol–water partition coefficient (Wildman–Crippen LogP) is 3.59. The van der Waals surface area contributed by atoms with Crippen LogP contribution in [0, 0.1) is 5.82 Å². The van der Waals surface area contributed by atoms with Crippen molar-refractivity contribution in [3.63, 3.8) is 0 Å². The Bertz CT molecular complexity index is 694. The second-order valence-electron chi connectivity index (χ2n) is 4.35. The van der Waals surface area contributed by atoms with E-state index >= 15 is 0 Å². The molecule has 4 heteroatoms. The van der Waals surface area contributed by atoms with Gasteiger partial charge >= 0.3 is 0 Å². The fourth-order valence-electron chi connectivity index (χ4n) is 1.88. The van der Waals surface area contributed by atoms with E-state index in [9.17, 15) is 4.39 Å². The molecule has 20 heavy (non-hydrogen) atoms. The molecule has 0 aliphatic heterocycles. The molecule has 0 radical (unpaired) electrons. The van der Waals surface area contributed by atoms with Crippen LogP contribution in [0.2, 0.25) is 0 Å². The molecule has 0 amide bonds. The molecule has 0 spiro atoms. The Morgan fingerprint density at radius 3 is 2.55 bits per heavy atom. The summed E-state index contributed by atoms with van der Waals surface area (Å²) >= 11 is 0. The van der Waals surface area contributed by atoms with Crippen LogP contribution in [0.25, 0.3) is 5.69 Å². The number of hydrogen-bond acceptors (Lipinski definition) is 2. The lowest BCUT2D eigenvalue weighted by molar-refractivity contribution is 0.290. The Morgan fingerprint density at radius 1 is 1.00 bits per heavy atom. The normalized spacial score (nSPS) is 10.4. The van der Waals surface area contributed by atoms with Crippen LogP contribution >= 0.6 is 0 Å². The van der Waals surface area contributed by atoms with Crippen molar-refractivity contribution in [3.8, 4) is 11.4 Å². The van der Waals surface area contributed by atoms with Gasteiger partial charge in [-0.2, -0.15) is 5.10 Å². The Morgan fingerprint density at radius 2 is 1.75 bits per heavy atom. The van der Waals surface area contributed by atoms with Crippen molar-refractivity contribution < 1.29 is 9.13 Å². The summed E-state index contributed by atoms with van der Waals surface area (Å²) in [4.78, 5) is 0. The molecule has 0 saturated carbocycles. The van der Waals surface area contributed by atoms with E-state index in [4.69, 9.17) is 4.74 Å². The third kappa shape index (κ3) is 2.69. The van der Waals surface area contributed by atoms with Gasteiger partial charge in [-0.1, -0.05) is 30.3 Å². The number of nitrogens with zero attached hydrogens (tertiary/aromatic N) is 2. The van der Waals surface area contributed by atoms with Crippen LogP contribution in [0.1, 0.15) is 5.56 Å². The maximum atomic E-state index is 13.4. The lowest BCUT2D eigenvalue weighted by Crippen LogP contribution is -1.96. The number of halogens is 1. The van der Waals surface area contributed by atoms with Crippen LogP contribution in [0.3, 0.4) is 0 Å². The summed E-state index contributed by atoms with van der Waals surface area (Å²) in [5.74, 6) is -0.108. The Hall–Kier alpha value is -2.62. The molecule has 2 aromatic carbocycles. The van der Waals surface area contributed by atoms with Crippen molar-refractivity contribution >= 4 is 0 Å². The van der Waals surface area contributed by atoms with Crippen LogP contribution in [0.15, 0.2) is 67.0 Å². The number of ether oxygens (including phenoxy) is 1. The highest BCUT2D eigenvalue weighted by Crippen LogP contribution is 2.17. The van der Waals surface area contributed by atoms with Crippen LogP contribution < -0.4 is 4.74 Å². The highest BCUT2D eigenvalue weighted by Gasteiger charge is 2.04. The van der Waals surface area contributed by atoms with Gasteiger partial charge in [0, 0.05) is 11.8 Å². The van der Waals surface area contributed by atoms with E-state index in [2.05, 4.69) is 5.10 Å². The monoisotopic (exact) mass is 268 g/mol. The number of para-hydroxylation sites is 2. The first-order chi connectivity index (χ1) is 9.83. The molecular formula is C16H13FN2O. The van der Waals surface area contributed by atoms with Crippen molar-refractivity contribution in [1.29, 1.82) is 0 Å². The molecule has 1 heterocycles. The molecular weight excluding hydrogens is 255 g/mol. The lowest BCUT2D eigenvalue weighted by Gasteiger charge is -2.05. The van der Waals surface area contributed by atoms with Gasteiger partial charge in [-0.15, -0.1) is 0 Å². The second kappa shape index (κ2) is 5.57. The minimum atomic E-state index is -0.358. The van der Waals surface area contributed by atoms with Crippen LogP contribution in [0.5, 0.6) is 5.75 Å². The van der Waals surface area contributed by atoms with E-state index in [-0.39, 0.29) is 18.2 Å². The Labute approximate surface area is 116 Å². The number of aromatic nitrogens is 2. The van der Waals surface area contributed by atoms with Crippen LogP contribution in [0.4, 0.5) is 4.39 Å². The first-order valence-electron chi connectivity index (χ1n) is 6.29. The molecule has 0 aliphatic carbocycles. The number of benzene rings is 2. The van der Waals surface area contributed by atoms with Crippen molar-refractivity contribution in [1.82, 2.24) is 9.78 Å². The van der Waals surface area contributed by atoms with E-state index in [0.29, 0.717) is 0 Å². The summed E-state index contributed by atoms with van der Waals surface area (Å²) in [5.41, 5.74) is 1.86. The zero-order valence-corrected chi connectivity index (χ0v) is 10.7. The highest BCUT2D eigenvalue weighted by molar-refractivity contribution is 5.31. The van der Waals surface area contributed by atoms with Crippen molar-refractivity contribution in [2.24, 2.45) is 0 Å². The van der Waals surface area contributed by atoms with E-state index in [1.54, 1.807) is 29.1 Å². The summed E-state index contributed by atoms with van der Waals surface area (Å²) in [7, 11) is 0. The SMILES string of the molecule is Fc1ccccc1OCc1cnn(-c2ccccc2)c1. The predicted molar refractivity (Wildman–Crippen MR) is 74.3 cm³/mol. The maximum absolute atomic E-state index is 13.4. The summed E-state index contributed by atoms with van der Waals surface area (Å²) in [6, 6.07) is 16.2. The molecule has 3 nitrogen and oxygen atoms in total. The molecule has 0 bridgehead atoms. The third-order valence-electron chi connectivity index (χ3n) is 2.89. The Kier molecular flexibility index (Phi) is 3.46. The van der Waals surface area contributed by atoms with Crippen LogP contribution in [-0.2, 0) is 6.61 Å². The smallest absolute Gasteiger partial charge is 0.165 e. The minimum Gasteiger partial charge on any atom is -0.486 e. The molecule has 0 unspecified atom stereocenters. The fraction of sp³-hybridized carbons (Fsp3) is 0.0625. The molecule has 0 saturated heterocycles. The first kappa shape index (κ1) is 12.4. The minimum absolute atomic E-state index is 0.250. The van der Waals surface area contributed by atoms with E-state index < -0.39 is 0 Å². The molecule has 100 valence electrons. The molecule has 1 aromatic heterocycles. The van der Waals surface area contributed by atoms with Gasteiger partial charge in [0.2, 0.25) is 0 Å². The molecule has 0 N–H and O–H groups in total. The summed E-state index contributed by atoms with van der Waals surface area (Å²) in [6.45, 7) is 0.285. The topological polar surface area (TPSA) is 27.1 Å². The van der Waals surface area contributed by atoms with Gasteiger partial charge in [-0.05, 0) is 24.3 Å². The fourth-order valence-corrected chi connectivity index (χ4v) is 1.88. The maximum Gasteiger partial charge on any atom is 0.165 e. The van der Waals surface area contributed by atoms with Gasteiger partial charge in [0.15, 0.2) is 11.6 Å². The van der Waals surface area contributed by atoms with Gasteiger partial charge < -0.3 is 4.74 Å². The number of hydrogen-bond donors (Lipinski definition) is 0. The molecule has 0 aliphatic rings. The average Bonchev–Trinajstić information content (AvgIpc) is 2.96. The van der Waals surface area contributed by atoms with Gasteiger partial charge in [-0.3, -0.25) is 0 Å². The van der Waals surface area contributed by atoms with Crippen molar-refractivity contribution in [2.75, 3.05) is 0 Å². The molecule has 3 rings (SSSR count). The van der Waals surface area contributed by atoms with Gasteiger partial charge in [-0.25, -0.2) is 9.07 Å². The second-order valence-corrected chi connectivity index (χ2v) is 4.35. The largest absolute Gasteiger partial charge is 0.486 e. The van der Waals surface area contributed by atoms with Crippen LogP contribution in [-0.4, -0.2) is 9.78 Å². The van der Waals surface area contributed by atoms with Crippen molar-refractivity contribution in [3.05, 3.63) is 78.4 Å². The standard InChI is InChI=1S/C16H13FN2O/c17-15-8-4-5-9-16(15)20-12-13-10-18-19(11-13)14-6-2-1-3-7-14/h1-11H,12H2. The third-order valence-corrected chi connectivity index (χ3v) is 2.89. The molecule has 0 fully saturated rings. The zero-order valence-electron chi connectivity index (χ0n) is 10.7. The van der Waals surface area contributed by atoms with E-state index in [0.717, 1.165) is 11.3 Å². The summed E-state index contributed by atoms with van der Waals surface area (Å²) in [6.07, 6.45) is 3.59. The first-order valence-corrected chi connectivity index (χ1v) is 6.29. The molecule has 0 atom stereocenters. The highest BCUT2D eigenvalue weighted by atomic mass is 19.1. The van der Waals surface area contributed by atoms with E-state index in [1.165, 1.54) is 6.07 Å². The quantitative estimate of drug-likeness (QED) is 0.723. The zero-order chi connectivity index (χ0) is 13.8. The summed E-state index contributed by atoms with van der Waals surface area (Å²) in [5, 5.41) is 4.26.